The zero-order valence-corrected chi connectivity index (χ0v) is 14.0. The average Bonchev–Trinajstić information content (AvgIpc) is 2.82. The monoisotopic (exact) mass is 329 g/mol. The summed E-state index contributed by atoms with van der Waals surface area (Å²) in [7, 11) is -3.06. The van der Waals surface area contributed by atoms with Crippen molar-refractivity contribution in [2.75, 3.05) is 19.3 Å². The third-order valence-electron chi connectivity index (χ3n) is 4.44. The highest BCUT2D eigenvalue weighted by atomic mass is 32.2. The Morgan fingerprint density at radius 3 is 2.86 bits per heavy atom. The second-order valence-electron chi connectivity index (χ2n) is 6.13. The maximum atomic E-state index is 11.6. The van der Waals surface area contributed by atoms with Crippen molar-refractivity contribution in [1.29, 1.82) is 0 Å². The molecule has 1 N–H and O–H groups in total. The number of thiazole rings is 1. The van der Waals surface area contributed by atoms with E-state index in [-0.39, 0.29) is 6.04 Å². The van der Waals surface area contributed by atoms with E-state index in [1.807, 2.05) is 6.20 Å². The number of hydrogen-bond acceptors (Lipinski definition) is 5. The van der Waals surface area contributed by atoms with Gasteiger partial charge in [0.1, 0.15) is 0 Å². The second-order valence-corrected chi connectivity index (χ2v) is 9.26. The Bertz CT molecular complexity index is 581. The zero-order chi connectivity index (χ0) is 14.9. The van der Waals surface area contributed by atoms with Crippen molar-refractivity contribution in [3.05, 3.63) is 16.1 Å². The number of rotatable bonds is 5. The predicted molar refractivity (Wildman–Crippen MR) is 85.0 cm³/mol. The molecule has 21 heavy (non-hydrogen) atoms. The molecule has 1 aliphatic heterocycles. The Balaban J connectivity index is 1.51. The first kappa shape index (κ1) is 15.4. The van der Waals surface area contributed by atoms with Crippen molar-refractivity contribution in [3.8, 4) is 0 Å². The van der Waals surface area contributed by atoms with E-state index in [1.54, 1.807) is 15.6 Å². The molecule has 5 nitrogen and oxygen atoms in total. The Morgan fingerprint density at radius 2 is 2.19 bits per heavy atom. The molecule has 7 heteroatoms. The lowest BCUT2D eigenvalue weighted by atomic mass is 9.86. The van der Waals surface area contributed by atoms with Gasteiger partial charge in [0.15, 0.2) is 0 Å². The van der Waals surface area contributed by atoms with Crippen molar-refractivity contribution in [2.45, 2.75) is 50.6 Å². The third kappa shape index (κ3) is 3.83. The van der Waals surface area contributed by atoms with Gasteiger partial charge in [-0.25, -0.2) is 17.7 Å². The van der Waals surface area contributed by atoms with Gasteiger partial charge < -0.3 is 5.32 Å². The molecule has 2 fully saturated rings. The zero-order valence-electron chi connectivity index (χ0n) is 12.4. The summed E-state index contributed by atoms with van der Waals surface area (Å²) in [5.41, 5.74) is 0. The summed E-state index contributed by atoms with van der Waals surface area (Å²) in [6, 6.07) is 0.253. The van der Waals surface area contributed by atoms with Gasteiger partial charge in [-0.15, -0.1) is 11.3 Å². The van der Waals surface area contributed by atoms with Gasteiger partial charge in [0.05, 0.1) is 11.3 Å². The Labute approximate surface area is 130 Å². The molecule has 1 saturated carbocycles. The molecule has 0 amide bonds. The second kappa shape index (κ2) is 6.32. The van der Waals surface area contributed by atoms with Gasteiger partial charge in [-0.1, -0.05) is 6.42 Å². The first-order valence-electron chi connectivity index (χ1n) is 7.65. The van der Waals surface area contributed by atoms with E-state index in [1.165, 1.54) is 35.4 Å². The molecular weight excluding hydrogens is 306 g/mol. The van der Waals surface area contributed by atoms with Gasteiger partial charge in [0.25, 0.3) is 0 Å². The van der Waals surface area contributed by atoms with Crippen molar-refractivity contribution in [1.82, 2.24) is 14.6 Å². The standard InChI is InChI=1S/C14H23N3O2S2/c1-21(18,19)17-7-3-6-12(10-17)15-8-13-9-16-14(20-13)11-4-2-5-11/h9,11-12,15H,2-8,10H2,1H3. The van der Waals surface area contributed by atoms with Crippen LogP contribution in [0.4, 0.5) is 0 Å². The predicted octanol–water partition coefficient (Wildman–Crippen LogP) is 1.92. The van der Waals surface area contributed by atoms with Crippen LogP contribution in [0.5, 0.6) is 0 Å². The number of nitrogens with one attached hydrogen (secondary N) is 1. The molecule has 0 aromatic carbocycles. The number of sulfonamides is 1. The summed E-state index contributed by atoms with van der Waals surface area (Å²) >= 11 is 1.81. The molecule has 0 radical (unpaired) electrons. The molecule has 2 heterocycles. The molecule has 0 bridgehead atoms. The van der Waals surface area contributed by atoms with E-state index in [9.17, 15) is 8.42 Å². The average molecular weight is 329 g/mol. The molecule has 1 aromatic heterocycles. The molecule has 1 aliphatic carbocycles. The van der Waals surface area contributed by atoms with Crippen molar-refractivity contribution >= 4 is 21.4 Å². The van der Waals surface area contributed by atoms with E-state index >= 15 is 0 Å². The quantitative estimate of drug-likeness (QED) is 0.896. The van der Waals surface area contributed by atoms with Crippen LogP contribution in [0, 0.1) is 0 Å². The molecule has 2 aliphatic rings. The maximum Gasteiger partial charge on any atom is 0.211 e. The summed E-state index contributed by atoms with van der Waals surface area (Å²) in [5.74, 6) is 0.694. The number of aromatic nitrogens is 1. The van der Waals surface area contributed by atoms with Crippen molar-refractivity contribution in [2.24, 2.45) is 0 Å². The van der Waals surface area contributed by atoms with Crippen molar-refractivity contribution < 1.29 is 8.42 Å². The molecule has 1 atom stereocenters. The highest BCUT2D eigenvalue weighted by Gasteiger charge is 2.26. The van der Waals surface area contributed by atoms with E-state index in [0.29, 0.717) is 19.0 Å². The van der Waals surface area contributed by atoms with Crippen LogP contribution < -0.4 is 5.32 Å². The van der Waals surface area contributed by atoms with Crippen LogP contribution in [0.3, 0.4) is 0 Å². The van der Waals surface area contributed by atoms with E-state index in [4.69, 9.17) is 0 Å². The van der Waals surface area contributed by atoms with E-state index in [0.717, 1.165) is 19.4 Å². The fourth-order valence-electron chi connectivity index (χ4n) is 2.90. The Morgan fingerprint density at radius 1 is 1.38 bits per heavy atom. The van der Waals surface area contributed by atoms with Gasteiger partial charge in [-0.3, -0.25) is 0 Å². The number of nitrogens with zero attached hydrogens (tertiary/aromatic N) is 2. The van der Waals surface area contributed by atoms with Crippen LogP contribution in [0.15, 0.2) is 6.20 Å². The molecule has 118 valence electrons. The van der Waals surface area contributed by atoms with Gasteiger partial charge >= 0.3 is 0 Å². The molecule has 3 rings (SSSR count). The molecule has 1 aromatic rings. The van der Waals surface area contributed by atoms with Gasteiger partial charge in [-0.2, -0.15) is 0 Å². The smallest absolute Gasteiger partial charge is 0.211 e. The summed E-state index contributed by atoms with van der Waals surface area (Å²) < 4.78 is 24.8. The van der Waals surface area contributed by atoms with Gasteiger partial charge in [0, 0.05) is 42.7 Å². The minimum absolute atomic E-state index is 0.253. The van der Waals surface area contributed by atoms with Gasteiger partial charge in [0.2, 0.25) is 10.0 Å². The summed E-state index contributed by atoms with van der Waals surface area (Å²) in [4.78, 5) is 5.79. The van der Waals surface area contributed by atoms with Gasteiger partial charge in [-0.05, 0) is 25.7 Å². The van der Waals surface area contributed by atoms with Crippen molar-refractivity contribution in [3.63, 3.8) is 0 Å². The molecular formula is C14H23N3O2S2. The number of piperidine rings is 1. The SMILES string of the molecule is CS(=O)(=O)N1CCCC(NCc2cnc(C3CCC3)s2)C1. The Hall–Kier alpha value is -0.500. The molecule has 1 unspecified atom stereocenters. The normalized spacial score (nSPS) is 24.9. The fourth-order valence-corrected chi connectivity index (χ4v) is 4.85. The molecule has 1 saturated heterocycles. The van der Waals surface area contributed by atoms with Crippen LogP contribution in [0.25, 0.3) is 0 Å². The first-order chi connectivity index (χ1) is 10.0. The van der Waals surface area contributed by atoms with Crippen LogP contribution in [-0.4, -0.2) is 43.1 Å². The highest BCUT2D eigenvalue weighted by Crippen LogP contribution is 2.38. The largest absolute Gasteiger partial charge is 0.308 e. The van der Waals surface area contributed by atoms with E-state index in [2.05, 4.69) is 10.3 Å². The molecule has 0 spiro atoms. The first-order valence-corrected chi connectivity index (χ1v) is 10.3. The minimum Gasteiger partial charge on any atom is -0.308 e. The topological polar surface area (TPSA) is 62.3 Å². The number of hydrogen-bond donors (Lipinski definition) is 1. The highest BCUT2D eigenvalue weighted by molar-refractivity contribution is 7.88. The summed E-state index contributed by atoms with van der Waals surface area (Å²) in [5, 5.41) is 4.77. The maximum absolute atomic E-state index is 11.6. The lowest BCUT2D eigenvalue weighted by Crippen LogP contribution is -2.47. The van der Waals surface area contributed by atoms with Crippen LogP contribution in [-0.2, 0) is 16.6 Å². The lowest BCUT2D eigenvalue weighted by molar-refractivity contribution is 0.284. The van der Waals surface area contributed by atoms with E-state index < -0.39 is 10.0 Å². The van der Waals surface area contributed by atoms with Crippen LogP contribution >= 0.6 is 11.3 Å². The van der Waals surface area contributed by atoms with Crippen LogP contribution in [0.2, 0.25) is 0 Å². The Kier molecular flexibility index (Phi) is 4.63. The fraction of sp³-hybridized carbons (Fsp3) is 0.786. The lowest BCUT2D eigenvalue weighted by Gasteiger charge is -2.31. The third-order valence-corrected chi connectivity index (χ3v) is 6.87. The summed E-state index contributed by atoms with van der Waals surface area (Å²) in [6.45, 7) is 2.04. The minimum atomic E-state index is -3.06. The summed E-state index contributed by atoms with van der Waals surface area (Å²) in [6.07, 6.45) is 9.15. The van der Waals surface area contributed by atoms with Crippen LogP contribution in [0.1, 0.15) is 47.9 Å².